The fourth-order valence-corrected chi connectivity index (χ4v) is 4.08. The number of fused-ring (bicyclic) bond motifs is 5. The van der Waals surface area contributed by atoms with Crippen molar-refractivity contribution in [3.05, 3.63) is 29.8 Å². The molecule has 2 unspecified atom stereocenters. The molecule has 1 aliphatic carbocycles. The Morgan fingerprint density at radius 3 is 2.71 bits per heavy atom. The molecule has 4 rings (SSSR count). The van der Waals surface area contributed by atoms with Crippen LogP contribution in [0.5, 0.6) is 0 Å². The van der Waals surface area contributed by atoms with Gasteiger partial charge in [-0.15, -0.1) is 0 Å². The number of carbonyl (C=O) groups is 1. The van der Waals surface area contributed by atoms with Crippen LogP contribution in [0.25, 0.3) is 0 Å². The summed E-state index contributed by atoms with van der Waals surface area (Å²) in [6.07, 6.45) is -1.15. The van der Waals surface area contributed by atoms with Gasteiger partial charge in [-0.3, -0.25) is 14.6 Å². The molecule has 21 heavy (non-hydrogen) atoms. The summed E-state index contributed by atoms with van der Waals surface area (Å²) in [4.78, 5) is 16.2. The first kappa shape index (κ1) is 13.1. The molecule has 1 saturated carbocycles. The van der Waals surface area contributed by atoms with E-state index >= 15 is 0 Å². The molecule has 2 saturated heterocycles. The van der Waals surface area contributed by atoms with E-state index in [0.29, 0.717) is 24.3 Å². The molecule has 112 valence electrons. The predicted molar refractivity (Wildman–Crippen MR) is 70.6 cm³/mol. The maximum absolute atomic E-state index is 12.8. The van der Waals surface area contributed by atoms with Crippen molar-refractivity contribution >= 4 is 11.6 Å². The zero-order valence-corrected chi connectivity index (χ0v) is 11.3. The number of rotatable bonds is 1. The van der Waals surface area contributed by atoms with Gasteiger partial charge in [-0.25, -0.2) is 0 Å². The lowest BCUT2D eigenvalue weighted by Gasteiger charge is -2.25. The van der Waals surface area contributed by atoms with Gasteiger partial charge in [-0.2, -0.15) is 13.2 Å². The molecule has 3 atom stereocenters. The van der Waals surface area contributed by atoms with Crippen LogP contribution in [0.2, 0.25) is 0 Å². The maximum Gasteiger partial charge on any atom is 0.416 e. The molecule has 6 heteroatoms. The van der Waals surface area contributed by atoms with Crippen molar-refractivity contribution < 1.29 is 18.0 Å². The van der Waals surface area contributed by atoms with Gasteiger partial charge < -0.3 is 0 Å². The average Bonchev–Trinajstić information content (AvgIpc) is 3.11. The topological polar surface area (TPSA) is 23.6 Å². The van der Waals surface area contributed by atoms with E-state index < -0.39 is 11.7 Å². The Morgan fingerprint density at radius 2 is 2.00 bits per heavy atom. The second-order valence-electron chi connectivity index (χ2n) is 6.14. The fourth-order valence-electron chi connectivity index (χ4n) is 4.08. The van der Waals surface area contributed by atoms with Crippen molar-refractivity contribution in [2.75, 3.05) is 11.6 Å². The molecule has 0 radical (unpaired) electrons. The summed E-state index contributed by atoms with van der Waals surface area (Å²) in [5.74, 6) is 0.347. The molecular weight excluding hydrogens is 281 g/mol. The van der Waals surface area contributed by atoms with Crippen LogP contribution in [0.4, 0.5) is 18.9 Å². The Bertz CT molecular complexity index is 601. The van der Waals surface area contributed by atoms with Crippen LogP contribution in [-0.4, -0.2) is 29.6 Å². The zero-order valence-electron chi connectivity index (χ0n) is 11.3. The predicted octanol–water partition coefficient (Wildman–Crippen LogP) is 2.86. The highest BCUT2D eigenvalue weighted by atomic mass is 19.4. The standard InChI is InChI=1S/C15H15F3N2O/c16-15(17,18)10-2-1-3-11(7-10)20-8-19-12-5-4-9(6-12)13(19)14(20)21/h1-3,7,9,12-13H,4-6,8H2/t9?,12?,13-/m0/s1. The summed E-state index contributed by atoms with van der Waals surface area (Å²) >= 11 is 0. The second-order valence-corrected chi connectivity index (χ2v) is 6.14. The van der Waals surface area contributed by atoms with Crippen LogP contribution in [-0.2, 0) is 11.0 Å². The van der Waals surface area contributed by atoms with Gasteiger partial charge in [-0.05, 0) is 43.4 Å². The summed E-state index contributed by atoms with van der Waals surface area (Å²) in [6, 6.07) is 5.37. The zero-order chi connectivity index (χ0) is 14.8. The van der Waals surface area contributed by atoms with Gasteiger partial charge in [0.1, 0.15) is 0 Å². The Morgan fingerprint density at radius 1 is 1.19 bits per heavy atom. The first-order chi connectivity index (χ1) is 9.95. The summed E-state index contributed by atoms with van der Waals surface area (Å²) in [5.41, 5.74) is -0.355. The number of anilines is 1. The van der Waals surface area contributed by atoms with Crippen LogP contribution < -0.4 is 4.90 Å². The van der Waals surface area contributed by atoms with E-state index in [1.807, 2.05) is 0 Å². The highest BCUT2D eigenvalue weighted by Crippen LogP contribution is 2.46. The summed E-state index contributed by atoms with van der Waals surface area (Å²) in [6.45, 7) is 0.423. The van der Waals surface area contributed by atoms with Crippen LogP contribution in [0.3, 0.4) is 0 Å². The van der Waals surface area contributed by atoms with Crippen molar-refractivity contribution in [1.29, 1.82) is 0 Å². The van der Waals surface area contributed by atoms with E-state index in [0.717, 1.165) is 31.4 Å². The molecule has 1 amide bonds. The van der Waals surface area contributed by atoms with E-state index in [9.17, 15) is 18.0 Å². The number of nitrogens with zero attached hydrogens (tertiary/aromatic N) is 2. The highest BCUT2D eigenvalue weighted by Gasteiger charge is 2.54. The molecule has 3 nitrogen and oxygen atoms in total. The second kappa shape index (κ2) is 4.22. The lowest BCUT2D eigenvalue weighted by molar-refractivity contribution is -0.137. The molecule has 3 aliphatic rings. The molecule has 0 N–H and O–H groups in total. The lowest BCUT2D eigenvalue weighted by atomic mass is 9.99. The third-order valence-electron chi connectivity index (χ3n) is 5.03. The highest BCUT2D eigenvalue weighted by molar-refractivity contribution is 6.00. The van der Waals surface area contributed by atoms with Gasteiger partial charge in [0.15, 0.2) is 0 Å². The Hall–Kier alpha value is -1.56. The molecule has 2 heterocycles. The number of hydrogen-bond donors (Lipinski definition) is 0. The number of halogens is 3. The molecule has 1 aromatic rings. The van der Waals surface area contributed by atoms with Crippen LogP contribution in [0, 0.1) is 5.92 Å². The number of alkyl halides is 3. The molecule has 3 fully saturated rings. The van der Waals surface area contributed by atoms with Gasteiger partial charge in [0.25, 0.3) is 0 Å². The molecular formula is C15H15F3N2O. The number of amides is 1. The smallest absolute Gasteiger partial charge is 0.298 e. The summed E-state index contributed by atoms with van der Waals surface area (Å²) in [5, 5.41) is 0. The first-order valence-electron chi connectivity index (χ1n) is 7.19. The number of carbonyl (C=O) groups excluding carboxylic acids is 1. The third-order valence-corrected chi connectivity index (χ3v) is 5.03. The number of piperidine rings is 1. The Balaban J connectivity index is 1.65. The molecule has 2 bridgehead atoms. The summed E-state index contributed by atoms with van der Waals surface area (Å²) in [7, 11) is 0. The summed E-state index contributed by atoms with van der Waals surface area (Å²) < 4.78 is 38.4. The molecule has 0 spiro atoms. The largest absolute Gasteiger partial charge is 0.416 e. The Kier molecular flexibility index (Phi) is 2.64. The van der Waals surface area contributed by atoms with Gasteiger partial charge >= 0.3 is 6.18 Å². The van der Waals surface area contributed by atoms with Crippen molar-refractivity contribution in [3.63, 3.8) is 0 Å². The van der Waals surface area contributed by atoms with Crippen molar-refractivity contribution in [1.82, 2.24) is 4.90 Å². The third kappa shape index (κ3) is 1.88. The first-order valence-corrected chi connectivity index (χ1v) is 7.19. The van der Waals surface area contributed by atoms with Gasteiger partial charge in [0.05, 0.1) is 18.3 Å². The van der Waals surface area contributed by atoms with E-state index in [1.165, 1.54) is 11.0 Å². The normalized spacial score (nSPS) is 32.0. The average molecular weight is 296 g/mol. The van der Waals surface area contributed by atoms with E-state index in [4.69, 9.17) is 0 Å². The van der Waals surface area contributed by atoms with Crippen molar-refractivity contribution in [2.45, 2.75) is 37.5 Å². The minimum Gasteiger partial charge on any atom is -0.298 e. The molecule has 0 aromatic heterocycles. The van der Waals surface area contributed by atoms with Crippen molar-refractivity contribution in [3.8, 4) is 0 Å². The Labute approximate surface area is 120 Å². The van der Waals surface area contributed by atoms with E-state index in [2.05, 4.69) is 4.90 Å². The molecule has 2 aliphatic heterocycles. The molecule has 1 aromatic carbocycles. The van der Waals surface area contributed by atoms with E-state index in [1.54, 1.807) is 6.07 Å². The van der Waals surface area contributed by atoms with E-state index in [-0.39, 0.29) is 11.9 Å². The van der Waals surface area contributed by atoms with Gasteiger partial charge in [0, 0.05) is 11.7 Å². The maximum atomic E-state index is 12.8. The van der Waals surface area contributed by atoms with Gasteiger partial charge in [-0.1, -0.05) is 6.07 Å². The number of benzene rings is 1. The van der Waals surface area contributed by atoms with Crippen molar-refractivity contribution in [2.24, 2.45) is 5.92 Å². The SMILES string of the molecule is O=C1[C@@H]2C3CCC(C3)N2CN1c1cccc(C(F)(F)F)c1. The van der Waals surface area contributed by atoms with Crippen LogP contribution >= 0.6 is 0 Å². The van der Waals surface area contributed by atoms with Crippen LogP contribution in [0.15, 0.2) is 24.3 Å². The van der Waals surface area contributed by atoms with Gasteiger partial charge in [0.2, 0.25) is 5.91 Å². The minimum atomic E-state index is -4.38. The minimum absolute atomic E-state index is 0.0403. The monoisotopic (exact) mass is 296 g/mol. The van der Waals surface area contributed by atoms with Crippen LogP contribution in [0.1, 0.15) is 24.8 Å². The lowest BCUT2D eigenvalue weighted by Crippen LogP contribution is -2.38. The quantitative estimate of drug-likeness (QED) is 0.795. The fraction of sp³-hybridized carbons (Fsp3) is 0.533. The number of hydrogen-bond acceptors (Lipinski definition) is 2.